The number of hydrogen-bond acceptors (Lipinski definition) is 10. The van der Waals surface area contributed by atoms with E-state index in [-0.39, 0.29) is 0 Å². The number of benzene rings is 14. The number of nitriles is 2. The van der Waals surface area contributed by atoms with Gasteiger partial charge in [0.25, 0.3) is 0 Å². The molecular weight excluding hydrogens is 1440 g/mol. The lowest BCUT2D eigenvalue weighted by Gasteiger charge is -2.34. The molecule has 0 radical (unpaired) electrons. The smallest absolute Gasteiger partial charge is 0.399 e. The van der Waals surface area contributed by atoms with E-state index >= 15 is 0 Å². The molecule has 0 saturated carbocycles. The van der Waals surface area contributed by atoms with E-state index in [9.17, 15) is 10.5 Å². The van der Waals surface area contributed by atoms with Crippen molar-refractivity contribution in [1.29, 1.82) is 10.5 Å². The third kappa shape index (κ3) is 13.3. The van der Waals surface area contributed by atoms with Gasteiger partial charge in [0.15, 0.2) is 34.9 Å². The molecule has 10 nitrogen and oxygen atoms in total. The molecule has 0 atom stereocenters. The fourth-order valence-corrected chi connectivity index (χ4v) is 16.2. The van der Waals surface area contributed by atoms with E-state index < -0.39 is 29.2 Å². The third-order valence-electron chi connectivity index (χ3n) is 21.8. The highest BCUT2D eigenvalue weighted by atomic mass is 79.9. The molecule has 1 saturated heterocycles. The second-order valence-electron chi connectivity index (χ2n) is 29.0. The summed E-state index contributed by atoms with van der Waals surface area (Å²) in [5.41, 5.74) is 22.0. The summed E-state index contributed by atoms with van der Waals surface area (Å²) in [5.74, 6) is 3.88. The molecule has 3 heterocycles. The Balaban J connectivity index is 0.000000130. The maximum Gasteiger partial charge on any atom is 0.494 e. The molecule has 0 amide bonds. The monoisotopic (exact) mass is 1510 g/mol. The highest BCUT2D eigenvalue weighted by molar-refractivity contribution is 9.10. The van der Waals surface area contributed by atoms with Crippen molar-refractivity contribution < 1.29 is 9.31 Å². The van der Waals surface area contributed by atoms with Gasteiger partial charge in [0.05, 0.1) is 45.3 Å². The molecule has 2 aromatic heterocycles. The second-order valence-corrected chi connectivity index (χ2v) is 29.9. The molecular formula is C100H72BBrN8O2. The van der Waals surface area contributed by atoms with Crippen LogP contribution in [0, 0.1) is 22.7 Å². The first-order chi connectivity index (χ1) is 54.8. The van der Waals surface area contributed by atoms with Crippen LogP contribution in [-0.4, -0.2) is 48.2 Å². The van der Waals surface area contributed by atoms with Crippen LogP contribution in [0.15, 0.2) is 368 Å². The minimum atomic E-state index is -0.614. The Bertz CT molecular complexity index is 6040. The Morgan fingerprint density at radius 3 is 0.902 bits per heavy atom. The molecule has 3 aliphatic rings. The van der Waals surface area contributed by atoms with Crippen LogP contribution in [0.5, 0.6) is 0 Å². The van der Waals surface area contributed by atoms with Crippen molar-refractivity contribution in [3.05, 3.63) is 424 Å². The maximum atomic E-state index is 10.0. The Hall–Kier alpha value is -13.5. The van der Waals surface area contributed by atoms with Gasteiger partial charge in [-0.1, -0.05) is 331 Å². The zero-order valence-corrected chi connectivity index (χ0v) is 63.6. The summed E-state index contributed by atoms with van der Waals surface area (Å²) in [4.78, 5) is 28.9. The van der Waals surface area contributed by atoms with Gasteiger partial charge in [-0.15, -0.1) is 0 Å². The molecule has 0 unspecified atom stereocenters. The Morgan fingerprint density at radius 2 is 0.545 bits per heavy atom. The number of fused-ring (bicyclic) bond motifs is 6. The van der Waals surface area contributed by atoms with Crippen molar-refractivity contribution in [2.24, 2.45) is 0 Å². The van der Waals surface area contributed by atoms with E-state index in [2.05, 4.69) is 255 Å². The number of aromatic nitrogens is 6. The van der Waals surface area contributed by atoms with Crippen LogP contribution in [0.4, 0.5) is 0 Å². The topological polar surface area (TPSA) is 143 Å². The first kappa shape index (κ1) is 71.5. The first-order valence-corrected chi connectivity index (χ1v) is 38.2. The van der Waals surface area contributed by atoms with E-state index in [1.807, 2.05) is 170 Å². The molecule has 1 aliphatic heterocycles. The molecule has 12 heteroatoms. The predicted molar refractivity (Wildman–Crippen MR) is 452 cm³/mol. The standard InChI is InChI=1S/C47H30N4.C32H28BNO2.C21H14BrN3/c48-31-32-24-26-40-41-27-25-36(30-43(41)47(42(40)28-32,38-20-9-3-10-21-38)39-22-11-4-12-23-39)35-18-13-19-37(29-35)46-50-44(33-14-5-1-6-15-33)49-45(51-46)34-16-7-2-8-17-34;1-30(2)31(3,4)36-33(35-30)25-16-18-27-26-17-15-22(21-34)19-28(26)32(29(27)20-25,23-11-7-5-8-12-23)24-13-9-6-10-14-24;22-18-13-7-12-17(14-18)21-24-19(15-8-3-1-4-9-15)23-20(25-21)16-10-5-2-6-11-16/h1-30H;5-20H,1-4H3;1-14H. The highest BCUT2D eigenvalue weighted by Crippen LogP contribution is 2.59. The van der Waals surface area contributed by atoms with Gasteiger partial charge in [-0.2, -0.15) is 10.5 Å². The second kappa shape index (κ2) is 30.2. The summed E-state index contributed by atoms with van der Waals surface area (Å²) in [5, 5.41) is 19.8. The molecule has 19 rings (SSSR count). The molecule has 0 bridgehead atoms. The lowest BCUT2D eigenvalue weighted by molar-refractivity contribution is 0.00578. The normalized spacial score (nSPS) is 13.9. The van der Waals surface area contributed by atoms with Crippen LogP contribution in [0.1, 0.15) is 83.3 Å². The summed E-state index contributed by atoms with van der Waals surface area (Å²) in [6, 6.07) is 129. The van der Waals surface area contributed by atoms with Gasteiger partial charge in [-0.25, -0.2) is 29.9 Å². The molecule has 2 aliphatic carbocycles. The van der Waals surface area contributed by atoms with Crippen LogP contribution in [0.25, 0.3) is 102 Å². The van der Waals surface area contributed by atoms with Gasteiger partial charge in [0, 0.05) is 37.9 Å². The minimum absolute atomic E-state index is 0.419. The Labute approximate surface area is 661 Å². The van der Waals surface area contributed by atoms with Gasteiger partial charge >= 0.3 is 7.12 Å². The quantitative estimate of drug-likeness (QED) is 0.108. The molecule has 112 heavy (non-hydrogen) atoms. The summed E-state index contributed by atoms with van der Waals surface area (Å²) in [6.45, 7) is 8.32. The molecule has 16 aromatic rings. The zero-order chi connectivity index (χ0) is 76.4. The van der Waals surface area contributed by atoms with Crippen molar-refractivity contribution >= 4 is 28.5 Å². The average molecular weight is 1510 g/mol. The third-order valence-corrected chi connectivity index (χ3v) is 22.3. The molecule has 1 fully saturated rings. The van der Waals surface area contributed by atoms with Crippen molar-refractivity contribution in [1.82, 2.24) is 29.9 Å². The molecule has 0 spiro atoms. The maximum absolute atomic E-state index is 10.0. The minimum Gasteiger partial charge on any atom is -0.399 e. The lowest BCUT2D eigenvalue weighted by Crippen LogP contribution is -2.41. The van der Waals surface area contributed by atoms with Gasteiger partial charge in [0.2, 0.25) is 0 Å². The molecule has 14 aromatic carbocycles. The van der Waals surface area contributed by atoms with Crippen LogP contribution in [-0.2, 0) is 20.1 Å². The van der Waals surface area contributed by atoms with E-state index in [4.69, 9.17) is 34.2 Å². The number of rotatable bonds is 12. The van der Waals surface area contributed by atoms with Crippen LogP contribution in [0.2, 0.25) is 0 Å². The van der Waals surface area contributed by atoms with Gasteiger partial charge in [-0.05, 0) is 160 Å². The van der Waals surface area contributed by atoms with Crippen LogP contribution >= 0.6 is 15.9 Å². The largest absolute Gasteiger partial charge is 0.494 e. The number of hydrogen-bond donors (Lipinski definition) is 0. The highest BCUT2D eigenvalue weighted by Gasteiger charge is 2.53. The van der Waals surface area contributed by atoms with Crippen molar-refractivity contribution in [3.8, 4) is 114 Å². The van der Waals surface area contributed by atoms with Crippen molar-refractivity contribution in [3.63, 3.8) is 0 Å². The number of halogens is 1. The van der Waals surface area contributed by atoms with Crippen LogP contribution < -0.4 is 5.46 Å². The van der Waals surface area contributed by atoms with E-state index in [0.29, 0.717) is 46.1 Å². The number of nitrogens with zero attached hydrogens (tertiary/aromatic N) is 8. The predicted octanol–water partition coefficient (Wildman–Crippen LogP) is 22.6. The van der Waals surface area contributed by atoms with Crippen LogP contribution in [0.3, 0.4) is 0 Å². The van der Waals surface area contributed by atoms with E-state index in [0.717, 1.165) is 99.0 Å². The summed E-state index contributed by atoms with van der Waals surface area (Å²) in [7, 11) is -0.456. The lowest BCUT2D eigenvalue weighted by atomic mass is 9.66. The fraction of sp³-hybridized carbons (Fsp3) is 0.0800. The Kier molecular flexibility index (Phi) is 19.3. The van der Waals surface area contributed by atoms with Gasteiger partial charge < -0.3 is 9.31 Å². The van der Waals surface area contributed by atoms with Gasteiger partial charge in [-0.3, -0.25) is 0 Å². The molecule has 534 valence electrons. The SMILES string of the molecule is Brc1cccc(-c2nc(-c3ccccc3)nc(-c3ccccc3)n2)c1.CC1(C)OB(c2ccc3c(c2)C(c2ccccc2)(c2ccccc2)c2cc(C#N)ccc2-3)OC1(C)C.N#Cc1ccc2c(c1)C(c1ccccc1)(c1ccccc1)c1cc(-c3cccc(-c4nc(-c5ccccc5)nc(-c5ccccc5)n4)c3)ccc1-2. The molecule has 0 N–H and O–H groups in total. The van der Waals surface area contributed by atoms with Gasteiger partial charge in [0.1, 0.15) is 0 Å². The average Bonchev–Trinajstić information content (AvgIpc) is 1.54. The van der Waals surface area contributed by atoms with Crippen molar-refractivity contribution in [2.75, 3.05) is 0 Å². The summed E-state index contributed by atoms with van der Waals surface area (Å²) in [6.07, 6.45) is 0. The summed E-state index contributed by atoms with van der Waals surface area (Å²) >= 11 is 3.52. The summed E-state index contributed by atoms with van der Waals surface area (Å²) < 4.78 is 13.9. The fourth-order valence-electron chi connectivity index (χ4n) is 15.8. The Morgan fingerprint density at radius 1 is 0.268 bits per heavy atom. The zero-order valence-electron chi connectivity index (χ0n) is 62.0. The van der Waals surface area contributed by atoms with E-state index in [1.165, 1.54) is 22.3 Å². The first-order valence-electron chi connectivity index (χ1n) is 37.4. The van der Waals surface area contributed by atoms with Crippen molar-refractivity contribution in [2.45, 2.75) is 49.7 Å². The van der Waals surface area contributed by atoms with E-state index in [1.54, 1.807) is 0 Å².